The minimum atomic E-state index is -0.923. The molecule has 1 aromatic heterocycles. The molecule has 0 aliphatic heterocycles. The summed E-state index contributed by atoms with van der Waals surface area (Å²) in [6, 6.07) is 7.34. The molecule has 154 valence electrons. The van der Waals surface area contributed by atoms with Crippen LogP contribution in [0.25, 0.3) is 5.69 Å². The number of hydrogen-bond acceptors (Lipinski definition) is 3. The molecule has 1 N–H and O–H groups in total. The lowest BCUT2D eigenvalue weighted by molar-refractivity contribution is 0.0127. The summed E-state index contributed by atoms with van der Waals surface area (Å²) in [5.74, 6) is -0.592. The first-order chi connectivity index (χ1) is 13.2. The van der Waals surface area contributed by atoms with Gasteiger partial charge in [0.1, 0.15) is 5.56 Å². The van der Waals surface area contributed by atoms with E-state index in [2.05, 4.69) is 25.9 Å². The van der Waals surface area contributed by atoms with Crippen molar-refractivity contribution in [1.82, 2.24) is 9.78 Å². The number of carbonyl (C=O) groups is 1. The third-order valence-corrected chi connectivity index (χ3v) is 5.46. The van der Waals surface area contributed by atoms with Crippen LogP contribution in [0, 0.1) is 5.92 Å². The highest BCUT2D eigenvalue weighted by Crippen LogP contribution is 2.26. The molecule has 1 atom stereocenters. The minimum absolute atomic E-state index is 0.129. The van der Waals surface area contributed by atoms with Crippen LogP contribution in [0.5, 0.6) is 0 Å². The summed E-state index contributed by atoms with van der Waals surface area (Å²) in [4.78, 5) is 12.0. The van der Waals surface area contributed by atoms with Crippen molar-refractivity contribution in [3.63, 3.8) is 0 Å². The monoisotopic (exact) mass is 406 g/mol. The summed E-state index contributed by atoms with van der Waals surface area (Å²) in [6.45, 7) is 8.26. The summed E-state index contributed by atoms with van der Waals surface area (Å²) in [5, 5.41) is 15.1. The fraction of sp³-hybridized carbons (Fsp3) is 0.545. The molecule has 0 saturated carbocycles. The van der Waals surface area contributed by atoms with Gasteiger partial charge in [-0.25, -0.2) is 9.48 Å². The van der Waals surface area contributed by atoms with Crippen LogP contribution in [0.15, 0.2) is 24.3 Å². The van der Waals surface area contributed by atoms with Gasteiger partial charge >= 0.3 is 5.97 Å². The fourth-order valence-electron chi connectivity index (χ4n) is 3.45. The summed E-state index contributed by atoms with van der Waals surface area (Å²) in [5.41, 5.74) is 2.33. The van der Waals surface area contributed by atoms with Gasteiger partial charge in [-0.2, -0.15) is 5.10 Å². The molecule has 0 amide bonds. The number of aromatic carboxylic acids is 1. The number of ether oxygens (including phenoxy) is 1. The molecular formula is C22H31ClN2O3. The molecule has 6 heteroatoms. The van der Waals surface area contributed by atoms with Crippen molar-refractivity contribution in [2.45, 2.75) is 65.4 Å². The lowest BCUT2D eigenvalue weighted by Crippen LogP contribution is -2.22. The summed E-state index contributed by atoms with van der Waals surface area (Å²) < 4.78 is 7.20. The molecule has 5 nitrogen and oxygen atoms in total. The zero-order valence-corrected chi connectivity index (χ0v) is 18.2. The van der Waals surface area contributed by atoms with Gasteiger partial charge in [0.2, 0.25) is 0 Å². The second-order valence-corrected chi connectivity index (χ2v) is 8.42. The Morgan fingerprint density at radius 1 is 1.39 bits per heavy atom. The molecule has 2 rings (SSSR count). The van der Waals surface area contributed by atoms with Gasteiger partial charge in [-0.3, -0.25) is 0 Å². The number of hydrogen-bond donors (Lipinski definition) is 1. The van der Waals surface area contributed by atoms with E-state index in [1.807, 2.05) is 19.1 Å². The van der Waals surface area contributed by atoms with Gasteiger partial charge in [0.05, 0.1) is 22.7 Å². The van der Waals surface area contributed by atoms with Crippen LogP contribution in [0.4, 0.5) is 0 Å². The van der Waals surface area contributed by atoms with Crippen molar-refractivity contribution in [3.8, 4) is 5.69 Å². The van der Waals surface area contributed by atoms with Gasteiger partial charge in [-0.1, -0.05) is 44.4 Å². The Morgan fingerprint density at radius 2 is 2.11 bits per heavy atom. The van der Waals surface area contributed by atoms with Gasteiger partial charge in [-0.15, -0.1) is 0 Å². The van der Waals surface area contributed by atoms with Crippen molar-refractivity contribution in [2.24, 2.45) is 5.92 Å². The average molecular weight is 407 g/mol. The predicted octanol–water partition coefficient (Wildman–Crippen LogP) is 5.56. The van der Waals surface area contributed by atoms with Gasteiger partial charge in [0.15, 0.2) is 0 Å². The van der Waals surface area contributed by atoms with Crippen LogP contribution in [0.1, 0.15) is 68.7 Å². The second kappa shape index (κ2) is 9.57. The summed E-state index contributed by atoms with van der Waals surface area (Å²) in [6.07, 6.45) is 4.21. The molecule has 1 aromatic carbocycles. The van der Waals surface area contributed by atoms with Gasteiger partial charge in [-0.05, 0) is 57.2 Å². The van der Waals surface area contributed by atoms with E-state index in [1.54, 1.807) is 23.9 Å². The molecule has 0 fully saturated rings. The quantitative estimate of drug-likeness (QED) is 0.560. The van der Waals surface area contributed by atoms with E-state index in [1.165, 1.54) is 0 Å². The first-order valence-corrected chi connectivity index (χ1v) is 10.2. The third kappa shape index (κ3) is 5.58. The lowest BCUT2D eigenvalue weighted by atomic mass is 9.93. The van der Waals surface area contributed by atoms with E-state index in [-0.39, 0.29) is 5.60 Å². The zero-order chi connectivity index (χ0) is 20.9. The highest BCUT2D eigenvalue weighted by atomic mass is 35.5. The van der Waals surface area contributed by atoms with Crippen molar-refractivity contribution in [1.29, 1.82) is 0 Å². The Hall–Kier alpha value is -1.85. The number of nitrogens with zero attached hydrogens (tertiary/aromatic N) is 2. The Labute approximate surface area is 172 Å². The second-order valence-electron chi connectivity index (χ2n) is 7.98. The lowest BCUT2D eigenvalue weighted by Gasteiger charge is -2.23. The minimum Gasteiger partial charge on any atom is -0.478 e. The number of aromatic nitrogens is 2. The van der Waals surface area contributed by atoms with Gasteiger partial charge in [0, 0.05) is 12.1 Å². The first-order valence-electron chi connectivity index (χ1n) is 9.83. The van der Waals surface area contributed by atoms with E-state index in [0.717, 1.165) is 24.9 Å². The average Bonchev–Trinajstić information content (AvgIpc) is 3.00. The smallest absolute Gasteiger partial charge is 0.339 e. The normalized spacial score (nSPS) is 12.9. The maximum Gasteiger partial charge on any atom is 0.339 e. The van der Waals surface area contributed by atoms with E-state index in [9.17, 15) is 9.90 Å². The number of halogens is 1. The van der Waals surface area contributed by atoms with Gasteiger partial charge in [0.25, 0.3) is 0 Å². The predicted molar refractivity (Wildman–Crippen MR) is 113 cm³/mol. The maximum atomic E-state index is 12.0. The molecule has 0 aliphatic rings. The SMILES string of the molecule is CCc1c(C(=O)O)c(CC(C)CCCC(C)(C)OC)nn1-c1cccc(Cl)c1. The number of rotatable bonds is 10. The van der Waals surface area contributed by atoms with Crippen LogP contribution < -0.4 is 0 Å². The number of carboxylic acids is 1. The molecule has 28 heavy (non-hydrogen) atoms. The van der Waals surface area contributed by atoms with Crippen molar-refractivity contribution < 1.29 is 14.6 Å². The summed E-state index contributed by atoms with van der Waals surface area (Å²) in [7, 11) is 1.73. The Bertz CT molecular complexity index is 814. The molecule has 0 aliphatic carbocycles. The molecule has 0 spiro atoms. The Kier molecular flexibility index (Phi) is 7.67. The first kappa shape index (κ1) is 22.4. The molecule has 2 aromatic rings. The Balaban J connectivity index is 2.25. The highest BCUT2D eigenvalue weighted by Gasteiger charge is 2.24. The van der Waals surface area contributed by atoms with E-state index < -0.39 is 5.97 Å². The van der Waals surface area contributed by atoms with Crippen LogP contribution >= 0.6 is 11.6 Å². The van der Waals surface area contributed by atoms with Crippen LogP contribution in [-0.4, -0.2) is 33.6 Å². The summed E-state index contributed by atoms with van der Waals surface area (Å²) >= 11 is 6.12. The Morgan fingerprint density at radius 3 is 2.68 bits per heavy atom. The van der Waals surface area contributed by atoms with Crippen LogP contribution in [0.3, 0.4) is 0 Å². The zero-order valence-electron chi connectivity index (χ0n) is 17.5. The van der Waals surface area contributed by atoms with Gasteiger partial charge < -0.3 is 9.84 Å². The topological polar surface area (TPSA) is 64.3 Å². The van der Waals surface area contributed by atoms with Crippen molar-refractivity contribution in [3.05, 3.63) is 46.2 Å². The molecule has 0 saturated heterocycles. The number of benzene rings is 1. The third-order valence-electron chi connectivity index (χ3n) is 5.23. The number of methoxy groups -OCH3 is 1. The molecule has 0 radical (unpaired) electrons. The van der Waals surface area contributed by atoms with E-state index >= 15 is 0 Å². The molecule has 1 unspecified atom stereocenters. The molecule has 0 bridgehead atoms. The molecular weight excluding hydrogens is 376 g/mol. The van der Waals surface area contributed by atoms with E-state index in [4.69, 9.17) is 16.3 Å². The highest BCUT2D eigenvalue weighted by molar-refractivity contribution is 6.30. The standard InChI is InChI=1S/C22H31ClN2O3/c1-6-19-20(21(26)27)18(13-15(2)9-8-12-22(3,4)28-5)24-25(19)17-11-7-10-16(23)14-17/h7,10-11,14-15H,6,8-9,12-13H2,1-5H3,(H,26,27). The molecule has 1 heterocycles. The number of carboxylic acid groups (broad SMARTS) is 1. The van der Waals surface area contributed by atoms with Crippen molar-refractivity contribution >= 4 is 17.6 Å². The van der Waals surface area contributed by atoms with Crippen LogP contribution in [-0.2, 0) is 17.6 Å². The van der Waals surface area contributed by atoms with E-state index in [0.29, 0.717) is 40.7 Å². The largest absolute Gasteiger partial charge is 0.478 e. The van der Waals surface area contributed by atoms with Crippen LogP contribution in [0.2, 0.25) is 5.02 Å². The fourth-order valence-corrected chi connectivity index (χ4v) is 3.64. The van der Waals surface area contributed by atoms with Crippen molar-refractivity contribution in [2.75, 3.05) is 7.11 Å². The maximum absolute atomic E-state index is 12.0.